The molecule has 0 spiro atoms. The second-order valence-corrected chi connectivity index (χ2v) is 9.36. The molecule has 7 heteroatoms. The second-order valence-electron chi connectivity index (χ2n) is 7.42. The number of sulfonamides is 1. The number of rotatable bonds is 3. The summed E-state index contributed by atoms with van der Waals surface area (Å²) >= 11 is 0. The summed E-state index contributed by atoms with van der Waals surface area (Å²) in [5.74, 6) is -0.702. The first-order valence-corrected chi connectivity index (χ1v) is 11.0. The number of carbonyl (C=O) groups is 1. The lowest BCUT2D eigenvalue weighted by Gasteiger charge is -2.30. The average molecular weight is 402 g/mol. The lowest BCUT2D eigenvalue weighted by atomic mass is 9.99. The van der Waals surface area contributed by atoms with Crippen LogP contribution in [0.5, 0.6) is 0 Å². The van der Waals surface area contributed by atoms with Crippen LogP contribution in [-0.4, -0.2) is 38.3 Å². The van der Waals surface area contributed by atoms with Gasteiger partial charge in [-0.25, -0.2) is 12.8 Å². The fraction of sp³-hybridized carbons (Fsp3) is 0.381. The normalized spacial score (nSPS) is 17.6. The number of carbonyl (C=O) groups excluding carboxylic acids is 1. The molecule has 1 fully saturated rings. The summed E-state index contributed by atoms with van der Waals surface area (Å²) in [6.07, 6.45) is 3.23. The van der Waals surface area contributed by atoms with E-state index in [1.807, 2.05) is 0 Å². The third-order valence-electron chi connectivity index (χ3n) is 5.55. The highest BCUT2D eigenvalue weighted by Gasteiger charge is 2.30. The van der Waals surface area contributed by atoms with Crippen molar-refractivity contribution in [3.8, 4) is 0 Å². The summed E-state index contributed by atoms with van der Waals surface area (Å²) in [6, 6.07) is 9.18. The fourth-order valence-corrected chi connectivity index (χ4v) is 5.56. The van der Waals surface area contributed by atoms with Crippen molar-refractivity contribution >= 4 is 21.6 Å². The predicted molar refractivity (Wildman–Crippen MR) is 106 cm³/mol. The van der Waals surface area contributed by atoms with E-state index >= 15 is 0 Å². The fourth-order valence-electron chi connectivity index (χ4n) is 3.99. The van der Waals surface area contributed by atoms with Crippen molar-refractivity contribution in [3.05, 3.63) is 58.9 Å². The molecule has 1 saturated heterocycles. The molecule has 2 aliphatic heterocycles. The van der Waals surface area contributed by atoms with Crippen LogP contribution in [-0.2, 0) is 16.4 Å². The van der Waals surface area contributed by atoms with Crippen molar-refractivity contribution in [2.75, 3.05) is 24.5 Å². The van der Waals surface area contributed by atoms with Crippen molar-refractivity contribution in [2.24, 2.45) is 0 Å². The van der Waals surface area contributed by atoms with Crippen LogP contribution in [0, 0.1) is 12.7 Å². The summed E-state index contributed by atoms with van der Waals surface area (Å²) in [6.45, 7) is 3.43. The van der Waals surface area contributed by atoms with Crippen LogP contribution in [0.2, 0.25) is 0 Å². The van der Waals surface area contributed by atoms with Gasteiger partial charge in [0.05, 0.1) is 4.90 Å². The molecule has 5 nitrogen and oxygen atoms in total. The molecule has 0 unspecified atom stereocenters. The van der Waals surface area contributed by atoms with Crippen LogP contribution in [0.3, 0.4) is 0 Å². The molecule has 28 heavy (non-hydrogen) atoms. The van der Waals surface area contributed by atoms with Gasteiger partial charge in [-0.2, -0.15) is 4.31 Å². The van der Waals surface area contributed by atoms with Crippen molar-refractivity contribution in [3.63, 3.8) is 0 Å². The van der Waals surface area contributed by atoms with Crippen LogP contribution >= 0.6 is 0 Å². The van der Waals surface area contributed by atoms with Gasteiger partial charge in [-0.1, -0.05) is 6.07 Å². The third kappa shape index (κ3) is 3.33. The van der Waals surface area contributed by atoms with Crippen molar-refractivity contribution in [1.29, 1.82) is 0 Å². The lowest BCUT2D eigenvalue weighted by molar-refractivity contribution is 0.0984. The standard InChI is InChI=1S/C21H23FN2O3S/c1-15-6-7-17(22)14-19(15)21(25)24-12-4-5-16-13-18(8-9-20(16)24)28(26,27)23-10-2-3-11-23/h6-9,13-14H,2-5,10-12H2,1H3. The van der Waals surface area contributed by atoms with Gasteiger partial charge in [0.15, 0.2) is 0 Å². The Labute approximate surface area is 164 Å². The largest absolute Gasteiger partial charge is 0.308 e. The first kappa shape index (κ1) is 19.1. The van der Waals surface area contributed by atoms with Crippen LogP contribution in [0.4, 0.5) is 10.1 Å². The number of halogens is 1. The minimum atomic E-state index is -3.49. The van der Waals surface area contributed by atoms with Gasteiger partial charge >= 0.3 is 0 Å². The molecule has 0 radical (unpaired) electrons. The van der Waals surface area contributed by atoms with Gasteiger partial charge in [0.2, 0.25) is 10.0 Å². The quantitative estimate of drug-likeness (QED) is 0.789. The number of aryl methyl sites for hydroxylation is 2. The molecule has 0 N–H and O–H groups in total. The predicted octanol–water partition coefficient (Wildman–Crippen LogP) is 3.51. The highest BCUT2D eigenvalue weighted by Crippen LogP contribution is 2.32. The maximum atomic E-state index is 13.7. The van der Waals surface area contributed by atoms with E-state index in [1.54, 1.807) is 36.1 Å². The number of nitrogens with zero attached hydrogens (tertiary/aromatic N) is 2. The molecular formula is C21H23FN2O3S. The molecule has 2 aromatic carbocycles. The maximum Gasteiger partial charge on any atom is 0.258 e. The van der Waals surface area contributed by atoms with Crippen LogP contribution in [0.15, 0.2) is 41.3 Å². The van der Waals surface area contributed by atoms with Crippen LogP contribution < -0.4 is 4.90 Å². The van der Waals surface area contributed by atoms with Crippen molar-refractivity contribution in [2.45, 2.75) is 37.5 Å². The van der Waals surface area contributed by atoms with E-state index in [4.69, 9.17) is 0 Å². The minimum Gasteiger partial charge on any atom is -0.308 e. The van der Waals surface area contributed by atoms with Gasteiger partial charge in [-0.15, -0.1) is 0 Å². The molecule has 2 aromatic rings. The average Bonchev–Trinajstić information content (AvgIpc) is 3.24. The van der Waals surface area contributed by atoms with E-state index in [-0.39, 0.29) is 10.8 Å². The molecular weight excluding hydrogens is 379 g/mol. The lowest BCUT2D eigenvalue weighted by Crippen LogP contribution is -2.36. The molecule has 1 amide bonds. The van der Waals surface area contributed by atoms with Crippen molar-refractivity contribution < 1.29 is 17.6 Å². The molecule has 2 aliphatic rings. The number of hydrogen-bond donors (Lipinski definition) is 0. The van der Waals surface area contributed by atoms with Crippen LogP contribution in [0.1, 0.15) is 40.7 Å². The minimum absolute atomic E-state index is 0.256. The van der Waals surface area contributed by atoms with Gasteiger partial charge in [-0.3, -0.25) is 4.79 Å². The zero-order chi connectivity index (χ0) is 19.9. The summed E-state index contributed by atoms with van der Waals surface area (Å²) in [5.41, 5.74) is 2.60. The first-order valence-electron chi connectivity index (χ1n) is 9.59. The molecule has 0 saturated carbocycles. The van der Waals surface area contributed by atoms with Gasteiger partial charge in [0, 0.05) is 30.9 Å². The molecule has 0 aliphatic carbocycles. The highest BCUT2D eigenvalue weighted by molar-refractivity contribution is 7.89. The van der Waals surface area contributed by atoms with Gasteiger partial charge in [-0.05, 0) is 74.1 Å². The Morgan fingerprint density at radius 3 is 2.50 bits per heavy atom. The maximum absolute atomic E-state index is 13.7. The van der Waals surface area contributed by atoms with Gasteiger partial charge in [0.25, 0.3) is 5.91 Å². The second kappa shape index (κ2) is 7.29. The van der Waals surface area contributed by atoms with E-state index in [9.17, 15) is 17.6 Å². The van der Waals surface area contributed by atoms with E-state index in [1.165, 1.54) is 16.4 Å². The zero-order valence-corrected chi connectivity index (χ0v) is 16.6. The smallest absolute Gasteiger partial charge is 0.258 e. The topological polar surface area (TPSA) is 57.7 Å². The summed E-state index contributed by atoms with van der Waals surface area (Å²) in [4.78, 5) is 15.0. The number of anilines is 1. The summed E-state index contributed by atoms with van der Waals surface area (Å²) in [5, 5.41) is 0. The Kier molecular flexibility index (Phi) is 4.97. The van der Waals surface area contributed by atoms with E-state index in [0.717, 1.165) is 24.8 Å². The van der Waals surface area contributed by atoms with E-state index in [0.29, 0.717) is 42.9 Å². The molecule has 148 valence electrons. The number of fused-ring (bicyclic) bond motifs is 1. The third-order valence-corrected chi connectivity index (χ3v) is 7.44. The monoisotopic (exact) mass is 402 g/mol. The van der Waals surface area contributed by atoms with Crippen LogP contribution in [0.25, 0.3) is 0 Å². The molecule has 4 rings (SSSR count). The Morgan fingerprint density at radius 2 is 1.75 bits per heavy atom. The first-order chi connectivity index (χ1) is 13.4. The summed E-state index contributed by atoms with van der Waals surface area (Å²) in [7, 11) is -3.49. The molecule has 2 heterocycles. The Balaban J connectivity index is 1.69. The van der Waals surface area contributed by atoms with Crippen molar-refractivity contribution in [1.82, 2.24) is 4.31 Å². The molecule has 0 bridgehead atoms. The summed E-state index contributed by atoms with van der Waals surface area (Å²) < 4.78 is 40.9. The number of benzene rings is 2. The molecule has 0 aromatic heterocycles. The van der Waals surface area contributed by atoms with Gasteiger partial charge < -0.3 is 4.90 Å². The SMILES string of the molecule is Cc1ccc(F)cc1C(=O)N1CCCc2cc(S(=O)(=O)N3CCCC3)ccc21. The Hall–Kier alpha value is -2.25. The zero-order valence-electron chi connectivity index (χ0n) is 15.8. The molecule has 0 atom stereocenters. The Morgan fingerprint density at radius 1 is 1.00 bits per heavy atom. The Bertz CT molecular complexity index is 1030. The van der Waals surface area contributed by atoms with E-state index < -0.39 is 15.8 Å². The van der Waals surface area contributed by atoms with E-state index in [2.05, 4.69) is 0 Å². The number of amides is 1. The number of hydrogen-bond acceptors (Lipinski definition) is 3. The van der Waals surface area contributed by atoms with Gasteiger partial charge in [0.1, 0.15) is 5.82 Å². The highest BCUT2D eigenvalue weighted by atomic mass is 32.2.